The SMILES string of the molecule is O=C(NCC(=O)N(C[C@@H]1CCCO1)[C@@H](C(=O)NC1CCCCC1)c1cccnc1)c1cccs1. The van der Waals surface area contributed by atoms with E-state index >= 15 is 0 Å². The van der Waals surface area contributed by atoms with E-state index in [1.807, 2.05) is 11.4 Å². The average molecular weight is 485 g/mol. The lowest BCUT2D eigenvalue weighted by atomic mass is 9.94. The number of nitrogens with one attached hydrogen (secondary N) is 2. The van der Waals surface area contributed by atoms with E-state index in [0.717, 1.165) is 38.5 Å². The predicted octanol–water partition coefficient (Wildman–Crippen LogP) is 3.07. The Morgan fingerprint density at radius 3 is 2.65 bits per heavy atom. The van der Waals surface area contributed by atoms with Gasteiger partial charge in [0.15, 0.2) is 0 Å². The lowest BCUT2D eigenvalue weighted by molar-refractivity contribution is -0.142. The van der Waals surface area contributed by atoms with Crippen LogP contribution < -0.4 is 10.6 Å². The molecule has 1 saturated heterocycles. The highest BCUT2D eigenvalue weighted by molar-refractivity contribution is 7.12. The second-order valence-corrected chi connectivity index (χ2v) is 9.82. The van der Waals surface area contributed by atoms with Gasteiger partial charge in [-0.15, -0.1) is 11.3 Å². The maximum Gasteiger partial charge on any atom is 0.261 e. The number of carbonyl (C=O) groups is 3. The van der Waals surface area contributed by atoms with Gasteiger partial charge in [0, 0.05) is 37.2 Å². The minimum absolute atomic E-state index is 0.110. The molecule has 182 valence electrons. The van der Waals surface area contributed by atoms with Crippen molar-refractivity contribution in [2.45, 2.75) is 63.1 Å². The van der Waals surface area contributed by atoms with Crippen molar-refractivity contribution in [3.63, 3.8) is 0 Å². The van der Waals surface area contributed by atoms with Gasteiger partial charge in [0.05, 0.1) is 17.5 Å². The van der Waals surface area contributed by atoms with Crippen molar-refractivity contribution >= 4 is 29.1 Å². The van der Waals surface area contributed by atoms with E-state index in [9.17, 15) is 14.4 Å². The number of amides is 3. The minimum atomic E-state index is -0.842. The summed E-state index contributed by atoms with van der Waals surface area (Å²) in [6.45, 7) is 0.732. The molecule has 34 heavy (non-hydrogen) atoms. The first-order valence-electron chi connectivity index (χ1n) is 12.0. The molecule has 2 N–H and O–H groups in total. The lowest BCUT2D eigenvalue weighted by Gasteiger charge is -2.34. The molecule has 1 aliphatic carbocycles. The number of hydrogen-bond donors (Lipinski definition) is 2. The topological polar surface area (TPSA) is 101 Å². The van der Waals surface area contributed by atoms with Crippen LogP contribution in [0.15, 0.2) is 42.0 Å². The van der Waals surface area contributed by atoms with E-state index in [-0.39, 0.29) is 43.0 Å². The summed E-state index contributed by atoms with van der Waals surface area (Å²) in [7, 11) is 0. The maximum absolute atomic E-state index is 13.6. The Morgan fingerprint density at radius 1 is 1.12 bits per heavy atom. The van der Waals surface area contributed by atoms with Crippen molar-refractivity contribution in [3.05, 3.63) is 52.5 Å². The molecule has 4 rings (SSSR count). The summed E-state index contributed by atoms with van der Waals surface area (Å²) in [5, 5.41) is 7.70. The van der Waals surface area contributed by atoms with Crippen LogP contribution in [0.2, 0.25) is 0 Å². The Hall–Kier alpha value is -2.78. The van der Waals surface area contributed by atoms with Crippen molar-refractivity contribution < 1.29 is 19.1 Å². The van der Waals surface area contributed by atoms with E-state index in [0.29, 0.717) is 17.0 Å². The van der Waals surface area contributed by atoms with Gasteiger partial charge in [-0.1, -0.05) is 31.4 Å². The molecule has 9 heteroatoms. The van der Waals surface area contributed by atoms with E-state index in [1.54, 1.807) is 35.5 Å². The van der Waals surface area contributed by atoms with Crippen molar-refractivity contribution in [2.75, 3.05) is 19.7 Å². The molecule has 0 bridgehead atoms. The zero-order chi connectivity index (χ0) is 23.8. The highest BCUT2D eigenvalue weighted by atomic mass is 32.1. The van der Waals surface area contributed by atoms with Crippen molar-refractivity contribution in [2.24, 2.45) is 0 Å². The third-order valence-corrected chi connectivity index (χ3v) is 7.27. The number of ether oxygens (including phenoxy) is 1. The molecule has 0 spiro atoms. The third-order valence-electron chi connectivity index (χ3n) is 6.40. The van der Waals surface area contributed by atoms with Gasteiger partial charge in [-0.25, -0.2) is 0 Å². The van der Waals surface area contributed by atoms with Gasteiger partial charge in [-0.2, -0.15) is 0 Å². The van der Waals surface area contributed by atoms with Gasteiger partial charge in [0.2, 0.25) is 11.8 Å². The summed E-state index contributed by atoms with van der Waals surface area (Å²) in [5.41, 5.74) is 0.645. The second-order valence-electron chi connectivity index (χ2n) is 8.87. The van der Waals surface area contributed by atoms with Crippen LogP contribution in [0, 0.1) is 0 Å². The van der Waals surface area contributed by atoms with Gasteiger partial charge in [-0.3, -0.25) is 19.4 Å². The number of rotatable bonds is 9. The number of aromatic nitrogens is 1. The fraction of sp³-hybridized carbons (Fsp3) is 0.520. The maximum atomic E-state index is 13.6. The van der Waals surface area contributed by atoms with Crippen LogP contribution in [-0.2, 0) is 14.3 Å². The molecule has 2 atom stereocenters. The molecule has 0 radical (unpaired) electrons. The van der Waals surface area contributed by atoms with Crippen LogP contribution in [0.1, 0.15) is 66.2 Å². The summed E-state index contributed by atoms with van der Waals surface area (Å²) in [6, 6.07) is 6.36. The Kier molecular flexibility index (Phi) is 8.65. The molecular weight excluding hydrogens is 452 g/mol. The fourth-order valence-corrected chi connectivity index (χ4v) is 5.29. The second kappa shape index (κ2) is 12.1. The van der Waals surface area contributed by atoms with Crippen molar-refractivity contribution in [1.29, 1.82) is 0 Å². The summed E-state index contributed by atoms with van der Waals surface area (Å²) < 4.78 is 5.81. The standard InChI is InChI=1S/C25H32N4O4S/c30-22(16-27-24(31)21-11-6-14-34-21)29(17-20-10-5-13-33-20)23(18-7-4-12-26-15-18)25(32)28-19-8-2-1-3-9-19/h4,6-7,11-12,14-15,19-20,23H,1-3,5,8-10,13,16-17H2,(H,27,31)(H,28,32)/t20-,23+/m0/s1. The number of thiophene rings is 1. The van der Waals surface area contributed by atoms with Crippen LogP contribution in [-0.4, -0.2) is 59.4 Å². The Bertz CT molecular complexity index is 941. The highest BCUT2D eigenvalue weighted by Gasteiger charge is 2.35. The molecule has 3 heterocycles. The molecule has 0 aromatic carbocycles. The normalized spacial score (nSPS) is 19.4. The smallest absolute Gasteiger partial charge is 0.261 e. The first-order valence-corrected chi connectivity index (χ1v) is 12.9. The number of carbonyl (C=O) groups excluding carboxylic acids is 3. The lowest BCUT2D eigenvalue weighted by Crippen LogP contribution is -2.51. The zero-order valence-electron chi connectivity index (χ0n) is 19.3. The van der Waals surface area contributed by atoms with Gasteiger partial charge >= 0.3 is 0 Å². The summed E-state index contributed by atoms with van der Waals surface area (Å²) in [6.07, 6.45) is 10.2. The first kappa shape index (κ1) is 24.3. The summed E-state index contributed by atoms with van der Waals surface area (Å²) in [5.74, 6) is -0.839. The molecule has 2 fully saturated rings. The van der Waals surface area contributed by atoms with Gasteiger partial charge in [0.1, 0.15) is 6.04 Å². The van der Waals surface area contributed by atoms with E-state index in [2.05, 4.69) is 15.6 Å². The zero-order valence-corrected chi connectivity index (χ0v) is 20.1. The molecule has 8 nitrogen and oxygen atoms in total. The first-order chi connectivity index (χ1) is 16.6. The van der Waals surface area contributed by atoms with Crippen LogP contribution in [0.3, 0.4) is 0 Å². The van der Waals surface area contributed by atoms with Crippen LogP contribution in [0.25, 0.3) is 0 Å². The third kappa shape index (κ3) is 6.42. The summed E-state index contributed by atoms with van der Waals surface area (Å²) >= 11 is 1.32. The molecule has 3 amide bonds. The van der Waals surface area contributed by atoms with E-state index in [1.165, 1.54) is 17.8 Å². The predicted molar refractivity (Wildman–Crippen MR) is 129 cm³/mol. The Labute approximate surface area is 204 Å². The molecular formula is C25H32N4O4S. The highest BCUT2D eigenvalue weighted by Crippen LogP contribution is 2.26. The monoisotopic (exact) mass is 484 g/mol. The minimum Gasteiger partial charge on any atom is -0.376 e. The molecule has 2 aromatic heterocycles. The van der Waals surface area contributed by atoms with Gasteiger partial charge in [-0.05, 0) is 43.2 Å². The molecule has 0 unspecified atom stereocenters. The van der Waals surface area contributed by atoms with Crippen LogP contribution in [0.4, 0.5) is 0 Å². The molecule has 1 saturated carbocycles. The molecule has 1 aliphatic heterocycles. The van der Waals surface area contributed by atoms with E-state index in [4.69, 9.17) is 4.74 Å². The summed E-state index contributed by atoms with van der Waals surface area (Å²) in [4.78, 5) is 45.8. The van der Waals surface area contributed by atoms with Crippen LogP contribution in [0.5, 0.6) is 0 Å². The van der Waals surface area contributed by atoms with Crippen molar-refractivity contribution in [1.82, 2.24) is 20.5 Å². The van der Waals surface area contributed by atoms with E-state index < -0.39 is 6.04 Å². The number of nitrogens with zero attached hydrogens (tertiary/aromatic N) is 2. The molecule has 2 aliphatic rings. The largest absolute Gasteiger partial charge is 0.376 e. The van der Waals surface area contributed by atoms with Gasteiger partial charge < -0.3 is 20.3 Å². The number of pyridine rings is 1. The average Bonchev–Trinajstić information content (AvgIpc) is 3.58. The van der Waals surface area contributed by atoms with Gasteiger partial charge in [0.25, 0.3) is 5.91 Å². The fourth-order valence-electron chi connectivity index (χ4n) is 4.65. The number of hydrogen-bond acceptors (Lipinski definition) is 6. The quantitative estimate of drug-likeness (QED) is 0.570. The van der Waals surface area contributed by atoms with Crippen molar-refractivity contribution in [3.8, 4) is 0 Å². The van der Waals surface area contributed by atoms with Crippen LogP contribution >= 0.6 is 11.3 Å². The Morgan fingerprint density at radius 2 is 1.97 bits per heavy atom. The Balaban J connectivity index is 1.55. The molecule has 2 aromatic rings.